The molecule has 120 valence electrons. The summed E-state index contributed by atoms with van der Waals surface area (Å²) >= 11 is 5.78. The number of methoxy groups -OCH3 is 2. The third kappa shape index (κ3) is 3.73. The van der Waals surface area contributed by atoms with Gasteiger partial charge in [0.1, 0.15) is 0 Å². The van der Waals surface area contributed by atoms with Crippen LogP contribution < -0.4 is 14.8 Å². The SMILES string of the molecule is COc1ccc(C(=O)Nc2ccc(Cl)cc2C(=O)O)cc1OC. The Hall–Kier alpha value is -2.73. The molecule has 7 heteroatoms. The number of halogens is 1. The summed E-state index contributed by atoms with van der Waals surface area (Å²) in [6.45, 7) is 0. The van der Waals surface area contributed by atoms with Crippen molar-refractivity contribution in [3.05, 3.63) is 52.5 Å². The Labute approximate surface area is 137 Å². The van der Waals surface area contributed by atoms with Crippen molar-refractivity contribution in [2.75, 3.05) is 19.5 Å². The van der Waals surface area contributed by atoms with Gasteiger partial charge in [-0.25, -0.2) is 4.79 Å². The molecule has 0 atom stereocenters. The first-order valence-corrected chi connectivity index (χ1v) is 6.90. The summed E-state index contributed by atoms with van der Waals surface area (Å²) < 4.78 is 10.2. The second-order valence-corrected chi connectivity index (χ2v) is 4.96. The second kappa shape index (κ2) is 7.02. The number of hydrogen-bond donors (Lipinski definition) is 2. The maximum absolute atomic E-state index is 12.3. The maximum Gasteiger partial charge on any atom is 0.337 e. The molecule has 0 heterocycles. The summed E-state index contributed by atoms with van der Waals surface area (Å²) in [7, 11) is 2.95. The van der Waals surface area contributed by atoms with Gasteiger partial charge in [0, 0.05) is 10.6 Å². The number of carbonyl (C=O) groups excluding carboxylic acids is 1. The molecule has 2 rings (SSSR count). The number of aromatic carboxylic acids is 1. The number of benzene rings is 2. The van der Waals surface area contributed by atoms with E-state index >= 15 is 0 Å². The Morgan fingerprint density at radius 1 is 1.04 bits per heavy atom. The number of nitrogens with one attached hydrogen (secondary N) is 1. The molecule has 0 aliphatic rings. The summed E-state index contributed by atoms with van der Waals surface area (Å²) in [5.41, 5.74) is 0.363. The quantitative estimate of drug-likeness (QED) is 0.875. The Bertz CT molecular complexity index is 760. The van der Waals surface area contributed by atoms with Crippen LogP contribution in [0, 0.1) is 0 Å². The zero-order valence-electron chi connectivity index (χ0n) is 12.4. The summed E-state index contributed by atoms with van der Waals surface area (Å²) in [6, 6.07) is 8.85. The van der Waals surface area contributed by atoms with Crippen LogP contribution in [-0.4, -0.2) is 31.2 Å². The molecule has 2 aromatic carbocycles. The number of carbonyl (C=O) groups is 2. The Morgan fingerprint density at radius 3 is 2.35 bits per heavy atom. The normalized spacial score (nSPS) is 10.0. The number of anilines is 1. The Morgan fingerprint density at radius 2 is 1.74 bits per heavy atom. The van der Waals surface area contributed by atoms with Gasteiger partial charge in [0.05, 0.1) is 25.5 Å². The third-order valence-corrected chi connectivity index (χ3v) is 3.34. The van der Waals surface area contributed by atoms with Gasteiger partial charge in [0.2, 0.25) is 0 Å². The fourth-order valence-electron chi connectivity index (χ4n) is 1.97. The topological polar surface area (TPSA) is 84.9 Å². The van der Waals surface area contributed by atoms with Gasteiger partial charge in [0.15, 0.2) is 11.5 Å². The van der Waals surface area contributed by atoms with Crippen molar-refractivity contribution in [2.24, 2.45) is 0 Å². The van der Waals surface area contributed by atoms with E-state index < -0.39 is 11.9 Å². The highest BCUT2D eigenvalue weighted by atomic mass is 35.5. The highest BCUT2D eigenvalue weighted by Crippen LogP contribution is 2.28. The molecule has 0 aliphatic heterocycles. The maximum atomic E-state index is 12.3. The number of hydrogen-bond acceptors (Lipinski definition) is 4. The lowest BCUT2D eigenvalue weighted by atomic mass is 10.1. The largest absolute Gasteiger partial charge is 0.493 e. The number of ether oxygens (including phenoxy) is 2. The minimum absolute atomic E-state index is 0.0914. The summed E-state index contributed by atoms with van der Waals surface area (Å²) in [5.74, 6) is -0.776. The lowest BCUT2D eigenvalue weighted by Gasteiger charge is -2.11. The van der Waals surface area contributed by atoms with Crippen molar-refractivity contribution in [1.82, 2.24) is 0 Å². The minimum atomic E-state index is -1.19. The molecular weight excluding hydrogens is 322 g/mol. The minimum Gasteiger partial charge on any atom is -0.493 e. The molecule has 0 bridgehead atoms. The zero-order chi connectivity index (χ0) is 17.0. The average molecular weight is 336 g/mol. The molecule has 0 unspecified atom stereocenters. The van der Waals surface area contributed by atoms with Crippen molar-refractivity contribution < 1.29 is 24.2 Å². The molecule has 0 aromatic heterocycles. The second-order valence-electron chi connectivity index (χ2n) is 4.52. The van der Waals surface area contributed by atoms with E-state index in [0.29, 0.717) is 17.1 Å². The van der Waals surface area contributed by atoms with Gasteiger partial charge in [-0.3, -0.25) is 4.79 Å². The van der Waals surface area contributed by atoms with Crippen molar-refractivity contribution in [3.8, 4) is 11.5 Å². The Balaban J connectivity index is 2.31. The van der Waals surface area contributed by atoms with E-state index in [1.165, 1.54) is 38.5 Å². The van der Waals surface area contributed by atoms with E-state index in [-0.39, 0.29) is 16.3 Å². The first-order valence-electron chi connectivity index (χ1n) is 6.52. The number of carboxylic acids is 1. The molecule has 0 radical (unpaired) electrons. The van der Waals surface area contributed by atoms with Gasteiger partial charge in [-0.05, 0) is 36.4 Å². The molecule has 0 saturated heterocycles. The van der Waals surface area contributed by atoms with Crippen LogP contribution in [-0.2, 0) is 0 Å². The molecule has 0 fully saturated rings. The predicted molar refractivity (Wildman–Crippen MR) is 85.9 cm³/mol. The predicted octanol–water partition coefficient (Wildman–Crippen LogP) is 3.31. The summed E-state index contributed by atoms with van der Waals surface area (Å²) in [5, 5.41) is 12.0. The number of rotatable bonds is 5. The van der Waals surface area contributed by atoms with E-state index in [1.807, 2.05) is 0 Å². The van der Waals surface area contributed by atoms with Gasteiger partial charge >= 0.3 is 5.97 Å². The van der Waals surface area contributed by atoms with Gasteiger partial charge in [0.25, 0.3) is 5.91 Å². The molecule has 6 nitrogen and oxygen atoms in total. The first kappa shape index (κ1) is 16.6. The van der Waals surface area contributed by atoms with Crippen LogP contribution in [0.4, 0.5) is 5.69 Å². The van der Waals surface area contributed by atoms with E-state index in [4.69, 9.17) is 21.1 Å². The van der Waals surface area contributed by atoms with Crippen molar-refractivity contribution in [3.63, 3.8) is 0 Å². The third-order valence-electron chi connectivity index (χ3n) is 3.11. The average Bonchev–Trinajstić information content (AvgIpc) is 2.55. The van der Waals surface area contributed by atoms with Gasteiger partial charge in [-0.1, -0.05) is 11.6 Å². The van der Waals surface area contributed by atoms with E-state index in [0.717, 1.165) is 0 Å². The van der Waals surface area contributed by atoms with Crippen molar-refractivity contribution in [2.45, 2.75) is 0 Å². The lowest BCUT2D eigenvalue weighted by molar-refractivity contribution is 0.0698. The van der Waals surface area contributed by atoms with E-state index in [2.05, 4.69) is 5.32 Å². The summed E-state index contributed by atoms with van der Waals surface area (Å²) in [6.07, 6.45) is 0. The number of carboxylic acid groups (broad SMARTS) is 1. The fourth-order valence-corrected chi connectivity index (χ4v) is 2.15. The summed E-state index contributed by atoms with van der Waals surface area (Å²) in [4.78, 5) is 23.5. The van der Waals surface area contributed by atoms with Gasteiger partial charge < -0.3 is 19.9 Å². The van der Waals surface area contributed by atoms with Crippen LogP contribution in [0.15, 0.2) is 36.4 Å². The van der Waals surface area contributed by atoms with Crippen molar-refractivity contribution >= 4 is 29.2 Å². The van der Waals surface area contributed by atoms with Crippen LogP contribution in [0.2, 0.25) is 5.02 Å². The molecule has 1 amide bonds. The smallest absolute Gasteiger partial charge is 0.337 e. The molecular formula is C16H14ClNO5. The standard InChI is InChI=1S/C16H14ClNO5/c1-22-13-6-3-9(7-14(13)23-2)15(19)18-12-5-4-10(17)8-11(12)16(20)21/h3-8H,1-2H3,(H,18,19)(H,20,21). The molecule has 23 heavy (non-hydrogen) atoms. The van der Waals surface area contributed by atoms with E-state index in [1.54, 1.807) is 12.1 Å². The highest BCUT2D eigenvalue weighted by Gasteiger charge is 2.15. The van der Waals surface area contributed by atoms with Crippen LogP contribution >= 0.6 is 11.6 Å². The van der Waals surface area contributed by atoms with Crippen molar-refractivity contribution in [1.29, 1.82) is 0 Å². The van der Waals surface area contributed by atoms with Crippen LogP contribution in [0.1, 0.15) is 20.7 Å². The molecule has 0 spiro atoms. The zero-order valence-corrected chi connectivity index (χ0v) is 13.2. The van der Waals surface area contributed by atoms with Crippen LogP contribution in [0.3, 0.4) is 0 Å². The van der Waals surface area contributed by atoms with Crippen LogP contribution in [0.5, 0.6) is 11.5 Å². The van der Waals surface area contributed by atoms with Gasteiger partial charge in [-0.2, -0.15) is 0 Å². The Kier molecular flexibility index (Phi) is 5.08. The highest BCUT2D eigenvalue weighted by molar-refractivity contribution is 6.31. The fraction of sp³-hybridized carbons (Fsp3) is 0.125. The lowest BCUT2D eigenvalue weighted by Crippen LogP contribution is -2.15. The molecule has 2 aromatic rings. The molecule has 0 aliphatic carbocycles. The van der Waals surface area contributed by atoms with Gasteiger partial charge in [-0.15, -0.1) is 0 Å². The van der Waals surface area contributed by atoms with Crippen LogP contribution in [0.25, 0.3) is 0 Å². The van der Waals surface area contributed by atoms with E-state index in [9.17, 15) is 14.7 Å². The molecule has 2 N–H and O–H groups in total. The number of amides is 1. The monoisotopic (exact) mass is 335 g/mol. The first-order chi connectivity index (χ1) is 11.0. The molecule has 0 saturated carbocycles.